The Morgan fingerprint density at radius 1 is 1.29 bits per heavy atom. The van der Waals surface area contributed by atoms with Gasteiger partial charge >= 0.3 is 11.4 Å². The number of imidazole rings is 1. The highest BCUT2D eigenvalue weighted by molar-refractivity contribution is 7.86. The van der Waals surface area contributed by atoms with Gasteiger partial charge in [0.2, 0.25) is 6.33 Å². The van der Waals surface area contributed by atoms with E-state index < -0.39 is 27.7 Å². The molecule has 0 aromatic carbocycles. The summed E-state index contributed by atoms with van der Waals surface area (Å²) in [5.41, 5.74) is 0. The van der Waals surface area contributed by atoms with E-state index in [2.05, 4.69) is 24.0 Å². The number of halogens is 6. The molecule has 0 aliphatic rings. The molecule has 0 aliphatic carbocycles. The average molecular weight is 342 g/mol. The third-order valence-corrected chi connectivity index (χ3v) is 2.98. The molecular formula is C9H12F6N2O3S. The number of aryl methyl sites for hydroxylation is 2. The van der Waals surface area contributed by atoms with Crippen LogP contribution in [0.4, 0.5) is 26.3 Å². The second-order valence-corrected chi connectivity index (χ2v) is 5.28. The molecule has 21 heavy (non-hydrogen) atoms. The quantitative estimate of drug-likeness (QED) is 0.473. The van der Waals surface area contributed by atoms with E-state index in [1.807, 2.05) is 17.8 Å². The largest absolute Gasteiger partial charge is 0.743 e. The van der Waals surface area contributed by atoms with Crippen LogP contribution in [0.5, 0.6) is 0 Å². The Morgan fingerprint density at radius 2 is 1.76 bits per heavy atom. The van der Waals surface area contributed by atoms with E-state index in [9.17, 15) is 39.3 Å². The first-order chi connectivity index (χ1) is 9.23. The van der Waals surface area contributed by atoms with E-state index in [4.69, 9.17) is 0 Å². The lowest BCUT2D eigenvalue weighted by molar-refractivity contribution is -0.693. The van der Waals surface area contributed by atoms with Crippen molar-refractivity contribution in [2.45, 2.75) is 31.1 Å². The molecular weight excluding hydrogens is 330 g/mol. The van der Waals surface area contributed by atoms with Crippen LogP contribution in [0.15, 0.2) is 18.7 Å². The Balaban J connectivity index is 0.000000423. The molecule has 1 heterocycles. The molecule has 0 saturated carbocycles. The number of nitrogens with zero attached hydrogens (tertiary/aromatic N) is 2. The molecule has 1 atom stereocenters. The molecule has 0 bridgehead atoms. The molecule has 1 unspecified atom stereocenters. The zero-order chi connectivity index (χ0) is 17.1. The lowest BCUT2D eigenvalue weighted by atomic mass is 10.4. The Kier molecular flexibility index (Phi) is 6.23. The fourth-order valence-corrected chi connectivity index (χ4v) is 1.39. The van der Waals surface area contributed by atoms with Gasteiger partial charge in [-0.1, -0.05) is 0 Å². The fourth-order valence-electron chi connectivity index (χ4n) is 1.01. The summed E-state index contributed by atoms with van der Waals surface area (Å²) in [5.74, 6) is 0. The second-order valence-electron chi connectivity index (χ2n) is 3.83. The van der Waals surface area contributed by atoms with E-state index in [1.165, 1.54) is 0 Å². The summed E-state index contributed by atoms with van der Waals surface area (Å²) in [5, 5.41) is -5.99. The zero-order valence-electron chi connectivity index (χ0n) is 10.8. The van der Waals surface area contributed by atoms with Gasteiger partial charge in [-0.25, -0.2) is 21.9 Å². The maximum atomic E-state index is 11.8. The molecule has 1 aromatic heterocycles. The lowest BCUT2D eigenvalue weighted by Gasteiger charge is -2.24. The molecule has 0 spiro atoms. The summed E-state index contributed by atoms with van der Waals surface area (Å²) < 4.78 is 102. The van der Waals surface area contributed by atoms with Crippen LogP contribution in [0.3, 0.4) is 0 Å². The highest BCUT2D eigenvalue weighted by atomic mass is 32.2. The summed E-state index contributed by atoms with van der Waals surface area (Å²) in [6, 6.07) is 0. The van der Waals surface area contributed by atoms with E-state index in [1.54, 1.807) is 0 Å². The Morgan fingerprint density at radius 3 is 1.90 bits per heavy atom. The maximum absolute atomic E-state index is 11.8. The van der Waals surface area contributed by atoms with E-state index in [0.717, 1.165) is 6.54 Å². The van der Waals surface area contributed by atoms with Crippen molar-refractivity contribution in [3.63, 3.8) is 0 Å². The maximum Gasteiger partial charge on any atom is 0.426 e. The predicted molar refractivity (Wildman–Crippen MR) is 56.9 cm³/mol. The molecule has 0 aliphatic heterocycles. The standard InChI is InChI=1S/C6H11N2.C3H2F6O3S/c1-3-8-5-4-7(2)6-8;4-1(2(5,6)7)3(8,9)13(10,11)12/h4-6H,3H2,1-2H3;1H,(H,10,11,12)/q+1;/p-1. The minimum atomic E-state index is -6.66. The van der Waals surface area contributed by atoms with Gasteiger partial charge in [-0.15, -0.1) is 0 Å². The predicted octanol–water partition coefficient (Wildman–Crippen LogP) is 1.36. The van der Waals surface area contributed by atoms with Crippen LogP contribution in [0.2, 0.25) is 0 Å². The minimum absolute atomic E-state index is 1.06. The van der Waals surface area contributed by atoms with Gasteiger partial charge in [0.15, 0.2) is 10.1 Å². The number of hydrogen-bond acceptors (Lipinski definition) is 3. The molecule has 12 heteroatoms. The molecule has 1 rings (SSSR count). The summed E-state index contributed by atoms with van der Waals surface area (Å²) in [6.45, 7) is 3.18. The molecule has 1 aromatic rings. The second kappa shape index (κ2) is 6.64. The van der Waals surface area contributed by atoms with Crippen LogP contribution in [0.1, 0.15) is 6.92 Å². The van der Waals surface area contributed by atoms with Gasteiger partial charge in [0, 0.05) is 0 Å². The van der Waals surface area contributed by atoms with E-state index >= 15 is 0 Å². The van der Waals surface area contributed by atoms with Crippen molar-refractivity contribution >= 4 is 10.1 Å². The molecule has 124 valence electrons. The summed E-state index contributed by atoms with van der Waals surface area (Å²) in [4.78, 5) is 0. The highest BCUT2D eigenvalue weighted by Gasteiger charge is 2.61. The first-order valence-corrected chi connectivity index (χ1v) is 6.69. The average Bonchev–Trinajstić information content (AvgIpc) is 2.72. The van der Waals surface area contributed by atoms with Crippen molar-refractivity contribution < 1.29 is 43.9 Å². The van der Waals surface area contributed by atoms with Crippen molar-refractivity contribution in [1.82, 2.24) is 4.57 Å². The van der Waals surface area contributed by atoms with Gasteiger partial charge in [-0.3, -0.25) is 0 Å². The molecule has 0 amide bonds. The van der Waals surface area contributed by atoms with Gasteiger partial charge in [-0.2, -0.15) is 22.0 Å². The van der Waals surface area contributed by atoms with Crippen LogP contribution >= 0.6 is 0 Å². The number of alkyl halides is 6. The molecule has 0 N–H and O–H groups in total. The van der Waals surface area contributed by atoms with Crippen LogP contribution in [0.25, 0.3) is 0 Å². The summed E-state index contributed by atoms with van der Waals surface area (Å²) in [7, 11) is -4.64. The summed E-state index contributed by atoms with van der Waals surface area (Å²) in [6.07, 6.45) is -4.97. The number of aromatic nitrogens is 2. The van der Waals surface area contributed by atoms with Crippen LogP contribution < -0.4 is 4.57 Å². The molecule has 0 radical (unpaired) electrons. The SMILES string of the molecule is CC[n+]1ccn(C)c1.O=S(=O)([O-])C(F)(F)C(F)C(F)(F)F. The van der Waals surface area contributed by atoms with Crippen LogP contribution in [0, 0.1) is 0 Å². The molecule has 0 fully saturated rings. The summed E-state index contributed by atoms with van der Waals surface area (Å²) >= 11 is 0. The van der Waals surface area contributed by atoms with E-state index in [-0.39, 0.29) is 0 Å². The highest BCUT2D eigenvalue weighted by Crippen LogP contribution is 2.37. The van der Waals surface area contributed by atoms with Gasteiger partial charge in [0.25, 0.3) is 6.17 Å². The first kappa shape index (κ1) is 19.7. The molecule has 5 nitrogen and oxygen atoms in total. The lowest BCUT2D eigenvalue weighted by Crippen LogP contribution is -2.46. The Labute approximate surface area is 116 Å². The monoisotopic (exact) mass is 342 g/mol. The zero-order valence-corrected chi connectivity index (χ0v) is 11.6. The van der Waals surface area contributed by atoms with Crippen molar-refractivity contribution in [2.75, 3.05) is 0 Å². The minimum Gasteiger partial charge on any atom is -0.743 e. The third-order valence-electron chi connectivity index (χ3n) is 2.10. The Hall–Kier alpha value is -1.30. The van der Waals surface area contributed by atoms with Crippen molar-refractivity contribution in [2.24, 2.45) is 7.05 Å². The Bertz CT molecular complexity index is 554. The number of rotatable bonds is 3. The number of hydrogen-bond donors (Lipinski definition) is 0. The van der Waals surface area contributed by atoms with Crippen LogP contribution in [-0.4, -0.2) is 35.1 Å². The topological polar surface area (TPSA) is 66.0 Å². The first-order valence-electron chi connectivity index (χ1n) is 5.28. The van der Waals surface area contributed by atoms with Gasteiger partial charge in [-0.05, 0) is 6.92 Å². The van der Waals surface area contributed by atoms with Gasteiger partial charge in [0.1, 0.15) is 12.4 Å². The molecule has 0 saturated heterocycles. The van der Waals surface area contributed by atoms with Crippen LogP contribution in [-0.2, 0) is 23.7 Å². The third kappa shape index (κ3) is 5.53. The smallest absolute Gasteiger partial charge is 0.426 e. The van der Waals surface area contributed by atoms with Gasteiger partial charge < -0.3 is 4.55 Å². The van der Waals surface area contributed by atoms with E-state index in [0.29, 0.717) is 0 Å². The fraction of sp³-hybridized carbons (Fsp3) is 0.667. The van der Waals surface area contributed by atoms with Crippen molar-refractivity contribution in [3.05, 3.63) is 18.7 Å². The normalized spacial score (nSPS) is 14.3. The van der Waals surface area contributed by atoms with Crippen molar-refractivity contribution in [1.29, 1.82) is 0 Å². The van der Waals surface area contributed by atoms with Gasteiger partial charge in [0.05, 0.1) is 13.6 Å². The van der Waals surface area contributed by atoms with Crippen molar-refractivity contribution in [3.8, 4) is 0 Å².